The molecular formula is C32H39NO3. The number of rotatable bonds is 12. The molecule has 3 aromatic rings. The quantitative estimate of drug-likeness (QED) is 0.112. The third kappa shape index (κ3) is 8.99. The van der Waals surface area contributed by atoms with E-state index in [1.165, 1.54) is 37.7 Å². The van der Waals surface area contributed by atoms with Gasteiger partial charge in [-0.05, 0) is 83.6 Å². The standard InChI is InChI=1S/C32H39NO3/c1-5-6-7-8-9-10-23-35-29-19-11-25(12-20-29)24-33-28-17-13-26(14-18-28)31(34)36-30-21-15-27(16-22-30)32(2,3)4/h11-22,24H,5-10,23H2,1-4H3. The normalized spacial score (nSPS) is 11.6. The average Bonchev–Trinajstić information content (AvgIpc) is 2.88. The maximum atomic E-state index is 12.5. The van der Waals surface area contributed by atoms with Gasteiger partial charge in [0.15, 0.2) is 0 Å². The fourth-order valence-corrected chi connectivity index (χ4v) is 3.74. The van der Waals surface area contributed by atoms with Crippen LogP contribution in [0.3, 0.4) is 0 Å². The SMILES string of the molecule is CCCCCCCCOc1ccc(C=Nc2ccc(C(=O)Oc3ccc(C(C)(C)C)cc3)cc2)cc1. The topological polar surface area (TPSA) is 47.9 Å². The minimum atomic E-state index is -0.384. The summed E-state index contributed by atoms with van der Waals surface area (Å²) in [5.74, 6) is 1.04. The molecule has 0 aliphatic heterocycles. The number of ether oxygens (including phenoxy) is 2. The van der Waals surface area contributed by atoms with E-state index >= 15 is 0 Å². The second-order valence-electron chi connectivity index (χ2n) is 10.2. The van der Waals surface area contributed by atoms with E-state index in [1.54, 1.807) is 12.1 Å². The van der Waals surface area contributed by atoms with Crippen molar-refractivity contribution < 1.29 is 14.3 Å². The van der Waals surface area contributed by atoms with Crippen LogP contribution < -0.4 is 9.47 Å². The second kappa shape index (κ2) is 13.6. The van der Waals surface area contributed by atoms with Crippen molar-refractivity contribution in [2.24, 2.45) is 4.99 Å². The van der Waals surface area contributed by atoms with Crippen molar-refractivity contribution in [3.05, 3.63) is 89.5 Å². The Morgan fingerprint density at radius 1 is 0.778 bits per heavy atom. The van der Waals surface area contributed by atoms with Crippen LogP contribution in [-0.2, 0) is 5.41 Å². The zero-order valence-corrected chi connectivity index (χ0v) is 22.1. The summed E-state index contributed by atoms with van der Waals surface area (Å²) in [6, 6.07) is 22.7. The lowest BCUT2D eigenvalue weighted by molar-refractivity contribution is 0.0734. The van der Waals surface area contributed by atoms with Crippen LogP contribution in [0.5, 0.6) is 11.5 Å². The summed E-state index contributed by atoms with van der Waals surface area (Å²) >= 11 is 0. The molecule has 0 amide bonds. The van der Waals surface area contributed by atoms with Crippen molar-refractivity contribution in [2.45, 2.75) is 71.6 Å². The van der Waals surface area contributed by atoms with Gasteiger partial charge in [-0.1, -0.05) is 71.9 Å². The molecule has 0 aliphatic rings. The molecule has 3 rings (SSSR count). The van der Waals surface area contributed by atoms with Crippen molar-refractivity contribution in [3.63, 3.8) is 0 Å². The Balaban J connectivity index is 1.46. The number of hydrogen-bond donors (Lipinski definition) is 0. The number of aliphatic imine (C=N–C) groups is 1. The first-order valence-electron chi connectivity index (χ1n) is 13.0. The predicted molar refractivity (Wildman–Crippen MR) is 149 cm³/mol. The van der Waals surface area contributed by atoms with Gasteiger partial charge in [-0.2, -0.15) is 0 Å². The van der Waals surface area contributed by atoms with E-state index in [-0.39, 0.29) is 11.4 Å². The number of carbonyl (C=O) groups is 1. The highest BCUT2D eigenvalue weighted by molar-refractivity contribution is 5.91. The van der Waals surface area contributed by atoms with Gasteiger partial charge in [0.2, 0.25) is 0 Å². The molecule has 0 aliphatic carbocycles. The largest absolute Gasteiger partial charge is 0.494 e. The Kier molecular flexibility index (Phi) is 10.3. The molecule has 0 fully saturated rings. The van der Waals surface area contributed by atoms with Crippen LogP contribution in [0.25, 0.3) is 0 Å². The first-order chi connectivity index (χ1) is 17.3. The number of esters is 1. The molecule has 36 heavy (non-hydrogen) atoms. The number of carbonyl (C=O) groups excluding carboxylic acids is 1. The molecule has 0 N–H and O–H groups in total. The zero-order chi connectivity index (χ0) is 25.8. The van der Waals surface area contributed by atoms with Crippen molar-refractivity contribution in [1.29, 1.82) is 0 Å². The monoisotopic (exact) mass is 485 g/mol. The number of nitrogens with zero attached hydrogens (tertiary/aromatic N) is 1. The van der Waals surface area contributed by atoms with Gasteiger partial charge in [-0.25, -0.2) is 4.79 Å². The predicted octanol–water partition coefficient (Wildman–Crippen LogP) is 8.69. The van der Waals surface area contributed by atoms with Gasteiger partial charge in [0.05, 0.1) is 17.9 Å². The summed E-state index contributed by atoms with van der Waals surface area (Å²) < 4.78 is 11.4. The number of hydrogen-bond acceptors (Lipinski definition) is 4. The van der Waals surface area contributed by atoms with Crippen molar-refractivity contribution >= 4 is 17.9 Å². The summed E-state index contributed by atoms with van der Waals surface area (Å²) in [4.78, 5) is 17.0. The molecule has 0 radical (unpaired) electrons. The van der Waals surface area contributed by atoms with Gasteiger partial charge >= 0.3 is 5.97 Å². The summed E-state index contributed by atoms with van der Waals surface area (Å²) in [6.45, 7) is 9.45. The molecule has 0 saturated carbocycles. The fraction of sp³-hybridized carbons (Fsp3) is 0.375. The van der Waals surface area contributed by atoms with E-state index in [4.69, 9.17) is 9.47 Å². The molecule has 0 unspecified atom stereocenters. The zero-order valence-electron chi connectivity index (χ0n) is 22.1. The molecule has 0 spiro atoms. The van der Waals surface area contributed by atoms with Crippen LogP contribution in [0, 0.1) is 0 Å². The Bertz CT molecular complexity index is 1090. The fourth-order valence-electron chi connectivity index (χ4n) is 3.74. The highest BCUT2D eigenvalue weighted by atomic mass is 16.5. The summed E-state index contributed by atoms with van der Waals surface area (Å²) in [5, 5.41) is 0. The molecule has 0 bridgehead atoms. The lowest BCUT2D eigenvalue weighted by Gasteiger charge is -2.19. The molecule has 3 aromatic carbocycles. The molecule has 0 aromatic heterocycles. The Labute approximate surface area is 216 Å². The van der Waals surface area contributed by atoms with E-state index < -0.39 is 0 Å². The van der Waals surface area contributed by atoms with Crippen LogP contribution >= 0.6 is 0 Å². The maximum absolute atomic E-state index is 12.5. The highest BCUT2D eigenvalue weighted by Crippen LogP contribution is 2.25. The third-order valence-corrected chi connectivity index (χ3v) is 6.04. The lowest BCUT2D eigenvalue weighted by Crippen LogP contribution is -2.11. The first kappa shape index (κ1) is 27.2. The molecule has 4 heteroatoms. The van der Waals surface area contributed by atoms with E-state index in [0.717, 1.165) is 30.0 Å². The van der Waals surface area contributed by atoms with Gasteiger partial charge in [0.25, 0.3) is 0 Å². The Morgan fingerprint density at radius 3 is 2.03 bits per heavy atom. The lowest BCUT2D eigenvalue weighted by atomic mass is 9.87. The van der Waals surface area contributed by atoms with Gasteiger partial charge in [0.1, 0.15) is 11.5 Å². The third-order valence-electron chi connectivity index (χ3n) is 6.04. The summed E-state index contributed by atoms with van der Waals surface area (Å²) in [6.07, 6.45) is 9.35. The highest BCUT2D eigenvalue weighted by Gasteiger charge is 2.14. The molecular weight excluding hydrogens is 446 g/mol. The average molecular weight is 486 g/mol. The van der Waals surface area contributed by atoms with E-state index in [2.05, 4.69) is 32.7 Å². The van der Waals surface area contributed by atoms with Crippen molar-refractivity contribution in [1.82, 2.24) is 0 Å². The second-order valence-corrected chi connectivity index (χ2v) is 10.2. The Hall–Kier alpha value is -3.40. The molecule has 0 saturated heterocycles. The minimum absolute atomic E-state index is 0.0575. The maximum Gasteiger partial charge on any atom is 0.343 e. The summed E-state index contributed by atoms with van der Waals surface area (Å²) in [5.41, 5.74) is 3.50. The Morgan fingerprint density at radius 2 is 1.39 bits per heavy atom. The number of benzene rings is 3. The van der Waals surface area contributed by atoms with Crippen molar-refractivity contribution in [3.8, 4) is 11.5 Å². The summed E-state index contributed by atoms with van der Waals surface area (Å²) in [7, 11) is 0. The molecule has 0 atom stereocenters. The van der Waals surface area contributed by atoms with Gasteiger partial charge in [-0.15, -0.1) is 0 Å². The first-order valence-corrected chi connectivity index (χ1v) is 13.0. The van der Waals surface area contributed by atoms with Crippen molar-refractivity contribution in [2.75, 3.05) is 6.61 Å². The van der Waals surface area contributed by atoms with E-state index in [9.17, 15) is 4.79 Å². The molecule has 0 heterocycles. The van der Waals surface area contributed by atoms with Crippen LogP contribution in [0.4, 0.5) is 5.69 Å². The molecule has 4 nitrogen and oxygen atoms in total. The van der Waals surface area contributed by atoms with E-state index in [1.807, 2.05) is 66.9 Å². The van der Waals surface area contributed by atoms with Crippen LogP contribution in [0.2, 0.25) is 0 Å². The molecule has 190 valence electrons. The van der Waals surface area contributed by atoms with Crippen LogP contribution in [0.15, 0.2) is 77.8 Å². The minimum Gasteiger partial charge on any atom is -0.494 e. The van der Waals surface area contributed by atoms with Crippen LogP contribution in [-0.4, -0.2) is 18.8 Å². The van der Waals surface area contributed by atoms with Crippen LogP contribution in [0.1, 0.15) is 87.7 Å². The van der Waals surface area contributed by atoms with Gasteiger partial charge in [0, 0.05) is 6.21 Å². The van der Waals surface area contributed by atoms with E-state index in [0.29, 0.717) is 11.3 Å². The van der Waals surface area contributed by atoms with Gasteiger partial charge in [-0.3, -0.25) is 4.99 Å². The van der Waals surface area contributed by atoms with Gasteiger partial charge < -0.3 is 9.47 Å². The smallest absolute Gasteiger partial charge is 0.343 e. The number of unbranched alkanes of at least 4 members (excludes halogenated alkanes) is 5.